The van der Waals surface area contributed by atoms with Crippen LogP contribution in [0, 0.1) is 0 Å². The van der Waals surface area contributed by atoms with Crippen molar-refractivity contribution in [2.45, 2.75) is 19.9 Å². The summed E-state index contributed by atoms with van der Waals surface area (Å²) in [5.41, 5.74) is 1.70. The summed E-state index contributed by atoms with van der Waals surface area (Å²) in [5.74, 6) is -0.308. The van der Waals surface area contributed by atoms with Gasteiger partial charge in [0.15, 0.2) is 12.4 Å². The van der Waals surface area contributed by atoms with E-state index in [1.807, 2.05) is 37.3 Å². The first-order chi connectivity index (χ1) is 12.4. The summed E-state index contributed by atoms with van der Waals surface area (Å²) >= 11 is 12.4. The second-order valence-corrected chi connectivity index (χ2v) is 6.33. The van der Waals surface area contributed by atoms with Gasteiger partial charge in [-0.15, -0.1) is 0 Å². The Balaban J connectivity index is 1.97. The third-order valence-corrected chi connectivity index (χ3v) is 4.60. The first kappa shape index (κ1) is 20.0. The van der Waals surface area contributed by atoms with Crippen LogP contribution in [-0.4, -0.2) is 18.3 Å². The average molecular weight is 392 g/mol. The number of rotatable bonds is 8. The molecule has 136 valence electrons. The van der Waals surface area contributed by atoms with E-state index >= 15 is 0 Å². The van der Waals surface area contributed by atoms with Crippen LogP contribution >= 0.6 is 23.2 Å². The number of nitrogens with one attached hydrogen (secondary N) is 1. The van der Waals surface area contributed by atoms with Gasteiger partial charge in [0.05, 0.1) is 5.02 Å². The van der Waals surface area contributed by atoms with Gasteiger partial charge in [-0.25, -0.2) is 0 Å². The molecule has 0 bridgehead atoms. The molecule has 0 unspecified atom stereocenters. The van der Waals surface area contributed by atoms with E-state index in [4.69, 9.17) is 27.9 Å². The highest BCUT2D eigenvalue weighted by atomic mass is 35.5. The predicted octanol–water partition coefficient (Wildman–Crippen LogP) is 4.84. The monoisotopic (exact) mass is 391 g/mol. The zero-order valence-corrected chi connectivity index (χ0v) is 15.9. The van der Waals surface area contributed by atoms with Gasteiger partial charge in [-0.1, -0.05) is 67.0 Å². The van der Waals surface area contributed by atoms with E-state index in [1.165, 1.54) is 12.1 Å². The van der Waals surface area contributed by atoms with Crippen LogP contribution < -0.4 is 10.1 Å². The van der Waals surface area contributed by atoms with Crippen molar-refractivity contribution in [3.8, 4) is 5.75 Å². The SMILES string of the molecule is C=C(CC)C(=O)c1ccc(OCC(=O)NCc2ccccc2)c(Cl)c1Cl. The smallest absolute Gasteiger partial charge is 0.258 e. The van der Waals surface area contributed by atoms with Crippen molar-refractivity contribution in [1.82, 2.24) is 5.32 Å². The molecule has 0 saturated heterocycles. The average Bonchev–Trinajstić information content (AvgIpc) is 2.67. The molecule has 0 spiro atoms. The fraction of sp³-hybridized carbons (Fsp3) is 0.200. The molecule has 26 heavy (non-hydrogen) atoms. The Bertz CT molecular complexity index is 819. The minimum atomic E-state index is -0.291. The number of Topliss-reactive ketones (excluding diaryl/α,β-unsaturated/α-hetero) is 1. The largest absolute Gasteiger partial charge is 0.482 e. The fourth-order valence-electron chi connectivity index (χ4n) is 2.16. The lowest BCUT2D eigenvalue weighted by Crippen LogP contribution is -2.28. The maximum atomic E-state index is 12.2. The highest BCUT2D eigenvalue weighted by Crippen LogP contribution is 2.35. The summed E-state index contributed by atoms with van der Waals surface area (Å²) in [4.78, 5) is 24.1. The molecule has 4 nitrogen and oxygen atoms in total. The van der Waals surface area contributed by atoms with E-state index in [0.717, 1.165) is 5.56 Å². The number of allylic oxidation sites excluding steroid dienone is 1. The zero-order chi connectivity index (χ0) is 19.1. The topological polar surface area (TPSA) is 55.4 Å². The molecule has 0 aliphatic carbocycles. The lowest BCUT2D eigenvalue weighted by Gasteiger charge is -2.12. The Morgan fingerprint density at radius 1 is 1.08 bits per heavy atom. The third-order valence-electron chi connectivity index (χ3n) is 3.73. The lowest BCUT2D eigenvalue weighted by atomic mass is 10.0. The van der Waals surface area contributed by atoms with E-state index in [-0.39, 0.29) is 39.7 Å². The highest BCUT2D eigenvalue weighted by Gasteiger charge is 2.18. The molecule has 2 rings (SSSR count). The van der Waals surface area contributed by atoms with Crippen LogP contribution in [0.1, 0.15) is 29.3 Å². The predicted molar refractivity (Wildman–Crippen MR) is 104 cm³/mol. The maximum absolute atomic E-state index is 12.2. The Hall–Kier alpha value is -2.30. The summed E-state index contributed by atoms with van der Waals surface area (Å²) in [6.45, 7) is 5.74. The molecular formula is C20H19Cl2NO3. The molecule has 1 amide bonds. The standard InChI is InChI=1S/C20H19Cl2NO3/c1-3-13(2)20(25)15-9-10-16(19(22)18(15)21)26-12-17(24)23-11-14-7-5-4-6-8-14/h4-10H,2-3,11-12H2,1H3,(H,23,24). The van der Waals surface area contributed by atoms with Crippen LogP contribution in [0.4, 0.5) is 0 Å². The highest BCUT2D eigenvalue weighted by molar-refractivity contribution is 6.45. The molecule has 0 heterocycles. The zero-order valence-electron chi connectivity index (χ0n) is 14.4. The van der Waals surface area contributed by atoms with Crippen LogP contribution in [0.25, 0.3) is 0 Å². The fourth-order valence-corrected chi connectivity index (χ4v) is 2.62. The summed E-state index contributed by atoms with van der Waals surface area (Å²) in [5, 5.41) is 2.94. The van der Waals surface area contributed by atoms with Gasteiger partial charge in [0.1, 0.15) is 10.8 Å². The Morgan fingerprint density at radius 2 is 1.77 bits per heavy atom. The van der Waals surface area contributed by atoms with Crippen LogP contribution in [0.3, 0.4) is 0 Å². The van der Waals surface area contributed by atoms with Gasteiger partial charge in [-0.3, -0.25) is 9.59 Å². The van der Waals surface area contributed by atoms with Crippen molar-refractivity contribution in [3.63, 3.8) is 0 Å². The number of benzene rings is 2. The van der Waals surface area contributed by atoms with Crippen LogP contribution in [0.5, 0.6) is 5.75 Å². The molecule has 2 aromatic rings. The van der Waals surface area contributed by atoms with E-state index < -0.39 is 0 Å². The molecule has 0 radical (unpaired) electrons. The van der Waals surface area contributed by atoms with Crippen molar-refractivity contribution in [2.75, 3.05) is 6.61 Å². The second-order valence-electron chi connectivity index (χ2n) is 5.58. The number of carbonyl (C=O) groups excluding carboxylic acids is 2. The van der Waals surface area contributed by atoms with Crippen molar-refractivity contribution in [2.24, 2.45) is 0 Å². The van der Waals surface area contributed by atoms with Crippen molar-refractivity contribution in [1.29, 1.82) is 0 Å². The first-order valence-electron chi connectivity index (χ1n) is 8.08. The molecular weight excluding hydrogens is 373 g/mol. The molecule has 0 fully saturated rings. The molecule has 0 atom stereocenters. The Morgan fingerprint density at radius 3 is 2.42 bits per heavy atom. The van der Waals surface area contributed by atoms with Gasteiger partial charge in [0.2, 0.25) is 0 Å². The normalized spacial score (nSPS) is 10.3. The second kappa shape index (κ2) is 9.41. The minimum absolute atomic E-state index is 0.0912. The van der Waals surface area contributed by atoms with Crippen LogP contribution in [-0.2, 0) is 11.3 Å². The minimum Gasteiger partial charge on any atom is -0.482 e. The molecule has 0 aromatic heterocycles. The van der Waals surface area contributed by atoms with E-state index in [0.29, 0.717) is 18.5 Å². The van der Waals surface area contributed by atoms with E-state index in [9.17, 15) is 9.59 Å². The van der Waals surface area contributed by atoms with Gasteiger partial charge in [-0.2, -0.15) is 0 Å². The quantitative estimate of drug-likeness (QED) is 0.517. The van der Waals surface area contributed by atoms with Gasteiger partial charge in [0.25, 0.3) is 5.91 Å². The summed E-state index contributed by atoms with van der Waals surface area (Å²) in [6, 6.07) is 12.6. The molecule has 0 saturated carbocycles. The van der Waals surface area contributed by atoms with Crippen molar-refractivity contribution >= 4 is 34.9 Å². The Labute approximate surface area is 162 Å². The summed E-state index contributed by atoms with van der Waals surface area (Å²) in [7, 11) is 0. The maximum Gasteiger partial charge on any atom is 0.258 e. The first-order valence-corrected chi connectivity index (χ1v) is 8.83. The Kier molecular flexibility index (Phi) is 7.25. The van der Waals surface area contributed by atoms with Crippen LogP contribution in [0.15, 0.2) is 54.6 Å². The molecule has 6 heteroatoms. The van der Waals surface area contributed by atoms with Crippen molar-refractivity contribution in [3.05, 3.63) is 75.8 Å². The lowest BCUT2D eigenvalue weighted by molar-refractivity contribution is -0.123. The van der Waals surface area contributed by atoms with Gasteiger partial charge in [0, 0.05) is 12.1 Å². The van der Waals surface area contributed by atoms with Gasteiger partial charge >= 0.3 is 0 Å². The van der Waals surface area contributed by atoms with E-state index in [1.54, 1.807) is 0 Å². The number of hydrogen-bond donors (Lipinski definition) is 1. The molecule has 2 aromatic carbocycles. The molecule has 0 aliphatic rings. The van der Waals surface area contributed by atoms with E-state index in [2.05, 4.69) is 11.9 Å². The van der Waals surface area contributed by atoms with Gasteiger partial charge < -0.3 is 10.1 Å². The molecule has 0 aliphatic heterocycles. The number of carbonyl (C=O) groups is 2. The number of ether oxygens (including phenoxy) is 1. The van der Waals surface area contributed by atoms with Gasteiger partial charge in [-0.05, 0) is 29.7 Å². The summed E-state index contributed by atoms with van der Waals surface area (Å²) in [6.07, 6.45) is 0.520. The van der Waals surface area contributed by atoms with Crippen LogP contribution in [0.2, 0.25) is 10.0 Å². The number of ketones is 1. The number of halogens is 2. The summed E-state index contributed by atoms with van der Waals surface area (Å²) < 4.78 is 5.43. The number of amides is 1. The third kappa shape index (κ3) is 5.10. The van der Waals surface area contributed by atoms with Crippen molar-refractivity contribution < 1.29 is 14.3 Å². The molecule has 1 N–H and O–H groups in total. The number of hydrogen-bond acceptors (Lipinski definition) is 3.